The SMILES string of the molecule is CCn1c(=O)c2cc(NC(=O)CC(C)CNC(=O)C3C=CC=C(C#N)C3)ccc2n(CC)c1=O. The van der Waals surface area contributed by atoms with Gasteiger partial charge in [0.1, 0.15) is 0 Å². The van der Waals surface area contributed by atoms with Gasteiger partial charge in [0.15, 0.2) is 0 Å². The molecule has 2 aromatic rings. The van der Waals surface area contributed by atoms with E-state index in [1.165, 1.54) is 9.13 Å². The molecule has 2 atom stereocenters. The van der Waals surface area contributed by atoms with Crippen LogP contribution in [0.4, 0.5) is 5.69 Å². The molecule has 0 saturated heterocycles. The van der Waals surface area contributed by atoms with Gasteiger partial charge in [-0.05, 0) is 50.5 Å². The number of carbonyl (C=O) groups is 2. The van der Waals surface area contributed by atoms with E-state index in [0.29, 0.717) is 41.7 Å². The Hall–Kier alpha value is -3.93. The Balaban J connectivity index is 1.63. The number of allylic oxidation sites excluding steroid dienone is 3. The summed E-state index contributed by atoms with van der Waals surface area (Å²) in [5, 5.41) is 15.0. The van der Waals surface area contributed by atoms with Crippen LogP contribution in [0.15, 0.2) is 51.6 Å². The number of benzene rings is 1. The molecule has 1 heterocycles. The van der Waals surface area contributed by atoms with E-state index in [4.69, 9.17) is 5.26 Å². The number of amides is 2. The molecule has 9 heteroatoms. The highest BCUT2D eigenvalue weighted by Crippen LogP contribution is 2.19. The van der Waals surface area contributed by atoms with Gasteiger partial charge < -0.3 is 10.6 Å². The molecular formula is C25H29N5O4. The Bertz CT molecular complexity index is 1330. The number of hydrogen-bond acceptors (Lipinski definition) is 5. The minimum absolute atomic E-state index is 0.120. The number of fused-ring (bicyclic) bond motifs is 1. The standard InChI is InChI=1S/C25H29N5O4/c1-4-29-21-10-9-19(13-20(21)24(33)30(5-2)25(29)34)28-22(31)11-16(3)15-27-23(32)18-8-6-7-17(12-18)14-26/h6-10,13,16,18H,4-5,11-12,15H2,1-3H3,(H,27,32)(H,28,31). The van der Waals surface area contributed by atoms with E-state index in [-0.39, 0.29) is 47.9 Å². The number of carbonyl (C=O) groups excluding carboxylic acids is 2. The number of aromatic nitrogens is 2. The van der Waals surface area contributed by atoms with E-state index in [1.807, 2.05) is 13.8 Å². The highest BCUT2D eigenvalue weighted by atomic mass is 16.2. The minimum atomic E-state index is -0.384. The summed E-state index contributed by atoms with van der Waals surface area (Å²) in [5.41, 5.74) is 0.830. The second kappa shape index (κ2) is 10.8. The van der Waals surface area contributed by atoms with Crippen LogP contribution in [0.3, 0.4) is 0 Å². The summed E-state index contributed by atoms with van der Waals surface area (Å²) < 4.78 is 2.71. The molecule has 9 nitrogen and oxygen atoms in total. The van der Waals surface area contributed by atoms with Gasteiger partial charge in [-0.1, -0.05) is 19.1 Å². The molecule has 34 heavy (non-hydrogen) atoms. The second-order valence-electron chi connectivity index (χ2n) is 8.41. The van der Waals surface area contributed by atoms with Crippen molar-refractivity contribution in [1.29, 1.82) is 5.26 Å². The molecule has 0 fully saturated rings. The third kappa shape index (κ3) is 5.34. The van der Waals surface area contributed by atoms with E-state index in [0.717, 1.165) is 0 Å². The zero-order chi connectivity index (χ0) is 24.8. The summed E-state index contributed by atoms with van der Waals surface area (Å²) in [6.07, 6.45) is 5.72. The predicted molar refractivity (Wildman–Crippen MR) is 130 cm³/mol. The average molecular weight is 464 g/mol. The van der Waals surface area contributed by atoms with Crippen molar-refractivity contribution in [3.8, 4) is 6.07 Å². The summed E-state index contributed by atoms with van der Waals surface area (Å²) in [7, 11) is 0. The summed E-state index contributed by atoms with van der Waals surface area (Å²) in [6, 6.07) is 7.00. The Kier molecular flexibility index (Phi) is 7.84. The van der Waals surface area contributed by atoms with Crippen LogP contribution in [0.2, 0.25) is 0 Å². The molecule has 2 unspecified atom stereocenters. The van der Waals surface area contributed by atoms with E-state index in [9.17, 15) is 19.2 Å². The summed E-state index contributed by atoms with van der Waals surface area (Å²) in [6.45, 7) is 6.45. The molecular weight excluding hydrogens is 434 g/mol. The molecule has 3 rings (SSSR count). The normalized spacial score (nSPS) is 15.9. The number of nitrogens with zero attached hydrogens (tertiary/aromatic N) is 3. The van der Waals surface area contributed by atoms with E-state index < -0.39 is 0 Å². The van der Waals surface area contributed by atoms with Crippen LogP contribution in [0, 0.1) is 23.2 Å². The molecule has 1 aliphatic carbocycles. The summed E-state index contributed by atoms with van der Waals surface area (Å²) >= 11 is 0. The van der Waals surface area contributed by atoms with Crippen molar-refractivity contribution in [2.45, 2.75) is 46.7 Å². The quantitative estimate of drug-likeness (QED) is 0.621. The topological polar surface area (TPSA) is 126 Å². The molecule has 2 N–H and O–H groups in total. The van der Waals surface area contributed by atoms with Gasteiger partial charge in [0.05, 0.1) is 22.9 Å². The second-order valence-corrected chi connectivity index (χ2v) is 8.41. The van der Waals surface area contributed by atoms with Crippen molar-refractivity contribution in [1.82, 2.24) is 14.5 Å². The van der Waals surface area contributed by atoms with Crippen LogP contribution in [0.1, 0.15) is 33.6 Å². The number of anilines is 1. The first kappa shape index (κ1) is 24.7. The predicted octanol–water partition coefficient (Wildman–Crippen LogP) is 2.31. The Morgan fingerprint density at radius 1 is 1.21 bits per heavy atom. The number of nitriles is 1. The zero-order valence-corrected chi connectivity index (χ0v) is 19.6. The first-order valence-corrected chi connectivity index (χ1v) is 11.4. The van der Waals surface area contributed by atoms with Crippen molar-refractivity contribution < 1.29 is 9.59 Å². The number of rotatable bonds is 8. The molecule has 2 amide bonds. The Morgan fingerprint density at radius 3 is 2.62 bits per heavy atom. The molecule has 178 valence electrons. The summed E-state index contributed by atoms with van der Waals surface area (Å²) in [5.74, 6) is -0.919. The molecule has 1 aromatic carbocycles. The highest BCUT2D eigenvalue weighted by molar-refractivity contribution is 5.93. The Labute approximate surface area is 197 Å². The molecule has 0 bridgehead atoms. The third-order valence-corrected chi connectivity index (χ3v) is 5.86. The van der Waals surface area contributed by atoms with Crippen molar-refractivity contribution >= 4 is 28.4 Å². The molecule has 0 radical (unpaired) electrons. The van der Waals surface area contributed by atoms with Crippen molar-refractivity contribution in [3.63, 3.8) is 0 Å². The maximum atomic E-state index is 12.8. The van der Waals surface area contributed by atoms with Crippen molar-refractivity contribution in [2.75, 3.05) is 11.9 Å². The van der Waals surface area contributed by atoms with Crippen LogP contribution in [-0.4, -0.2) is 27.5 Å². The van der Waals surface area contributed by atoms with E-state index in [2.05, 4.69) is 16.7 Å². The molecule has 1 aliphatic rings. The first-order valence-electron chi connectivity index (χ1n) is 11.4. The lowest BCUT2D eigenvalue weighted by molar-refractivity contribution is -0.124. The lowest BCUT2D eigenvalue weighted by Gasteiger charge is -2.17. The fourth-order valence-electron chi connectivity index (χ4n) is 4.03. The fraction of sp³-hybridized carbons (Fsp3) is 0.400. The van der Waals surface area contributed by atoms with Crippen LogP contribution in [0.25, 0.3) is 10.9 Å². The van der Waals surface area contributed by atoms with Crippen LogP contribution in [0.5, 0.6) is 0 Å². The molecule has 0 aliphatic heterocycles. The molecule has 0 saturated carbocycles. The number of nitrogens with one attached hydrogen (secondary N) is 2. The fourth-order valence-corrected chi connectivity index (χ4v) is 4.03. The average Bonchev–Trinajstić information content (AvgIpc) is 2.83. The molecule has 1 aromatic heterocycles. The maximum Gasteiger partial charge on any atom is 0.331 e. The monoisotopic (exact) mass is 463 g/mol. The van der Waals surface area contributed by atoms with E-state index >= 15 is 0 Å². The lowest BCUT2D eigenvalue weighted by atomic mass is 9.94. The largest absolute Gasteiger partial charge is 0.355 e. The maximum absolute atomic E-state index is 12.8. The van der Waals surface area contributed by atoms with Crippen LogP contribution in [-0.2, 0) is 22.7 Å². The highest BCUT2D eigenvalue weighted by Gasteiger charge is 2.20. The minimum Gasteiger partial charge on any atom is -0.355 e. The van der Waals surface area contributed by atoms with Crippen molar-refractivity contribution in [3.05, 3.63) is 62.8 Å². The Morgan fingerprint density at radius 2 is 1.94 bits per heavy atom. The van der Waals surface area contributed by atoms with Crippen molar-refractivity contribution in [2.24, 2.45) is 11.8 Å². The van der Waals surface area contributed by atoms with Gasteiger partial charge in [-0.3, -0.25) is 23.5 Å². The number of aryl methyl sites for hydroxylation is 1. The smallest absolute Gasteiger partial charge is 0.331 e. The zero-order valence-electron chi connectivity index (χ0n) is 19.6. The van der Waals surface area contributed by atoms with Gasteiger partial charge in [0.2, 0.25) is 11.8 Å². The van der Waals surface area contributed by atoms with Gasteiger partial charge in [-0.25, -0.2) is 4.79 Å². The lowest BCUT2D eigenvalue weighted by Crippen LogP contribution is -2.39. The van der Waals surface area contributed by atoms with Crippen LogP contribution >= 0.6 is 0 Å². The third-order valence-electron chi connectivity index (χ3n) is 5.86. The van der Waals surface area contributed by atoms with Gasteiger partial charge in [-0.15, -0.1) is 0 Å². The van der Waals surface area contributed by atoms with Crippen LogP contribution < -0.4 is 21.9 Å². The molecule has 0 spiro atoms. The summed E-state index contributed by atoms with van der Waals surface area (Å²) in [4.78, 5) is 50.2. The van der Waals surface area contributed by atoms with Gasteiger partial charge in [0, 0.05) is 37.3 Å². The van der Waals surface area contributed by atoms with E-state index in [1.54, 1.807) is 43.4 Å². The van der Waals surface area contributed by atoms with Gasteiger partial charge in [0.25, 0.3) is 5.56 Å². The number of hydrogen-bond donors (Lipinski definition) is 2. The van der Waals surface area contributed by atoms with Gasteiger partial charge in [-0.2, -0.15) is 5.26 Å². The first-order chi connectivity index (χ1) is 16.3. The van der Waals surface area contributed by atoms with Gasteiger partial charge >= 0.3 is 5.69 Å².